The van der Waals surface area contributed by atoms with E-state index in [1.165, 1.54) is 16.6 Å². The van der Waals surface area contributed by atoms with Gasteiger partial charge in [-0.3, -0.25) is 0 Å². The minimum atomic E-state index is 0.276. The molecule has 1 heterocycles. The number of aromatic nitrogens is 1. The molecule has 2 aromatic carbocycles. The van der Waals surface area contributed by atoms with Crippen LogP contribution in [-0.2, 0) is 13.0 Å². The molecule has 0 saturated carbocycles. The fraction of sp³-hybridized carbons (Fsp3) is 0.263. The van der Waals surface area contributed by atoms with Crippen LogP contribution in [0.3, 0.4) is 0 Å². The van der Waals surface area contributed by atoms with Gasteiger partial charge in [0.05, 0.1) is 11.2 Å². The van der Waals surface area contributed by atoms with E-state index < -0.39 is 0 Å². The molecule has 22 heavy (non-hydrogen) atoms. The Morgan fingerprint density at radius 3 is 2.23 bits per heavy atom. The quantitative estimate of drug-likeness (QED) is 0.733. The number of fused-ring (bicyclic) bond motifs is 1. The Hall–Kier alpha value is -2.42. The predicted octanol–water partition coefficient (Wildman–Crippen LogP) is 4.69. The van der Waals surface area contributed by atoms with E-state index in [2.05, 4.69) is 18.4 Å². The van der Waals surface area contributed by atoms with E-state index in [0.29, 0.717) is 5.75 Å². The molecule has 0 aliphatic rings. The van der Waals surface area contributed by atoms with Crippen LogP contribution in [0.25, 0.3) is 22.2 Å². The van der Waals surface area contributed by atoms with Gasteiger partial charge in [-0.2, -0.15) is 0 Å². The van der Waals surface area contributed by atoms with Crippen LogP contribution in [-0.4, -0.2) is 14.8 Å². The average Bonchev–Trinajstić information content (AvgIpc) is 2.82. The van der Waals surface area contributed by atoms with E-state index in [0.717, 1.165) is 30.5 Å². The van der Waals surface area contributed by atoms with Crippen molar-refractivity contribution in [2.75, 3.05) is 0 Å². The number of benzene rings is 2. The van der Waals surface area contributed by atoms with Crippen molar-refractivity contribution in [1.82, 2.24) is 4.57 Å². The summed E-state index contributed by atoms with van der Waals surface area (Å²) in [7, 11) is 0. The number of aryl methyl sites for hydroxylation is 2. The second-order valence-electron chi connectivity index (χ2n) is 5.58. The minimum Gasteiger partial charge on any atom is -0.508 e. The molecule has 0 atom stereocenters. The van der Waals surface area contributed by atoms with Gasteiger partial charge in [0.1, 0.15) is 11.5 Å². The summed E-state index contributed by atoms with van der Waals surface area (Å²) in [5.74, 6) is 0.569. The zero-order chi connectivity index (χ0) is 15.7. The number of rotatable bonds is 4. The first-order valence-corrected chi connectivity index (χ1v) is 7.79. The van der Waals surface area contributed by atoms with Crippen molar-refractivity contribution in [3.05, 3.63) is 48.0 Å². The molecule has 114 valence electrons. The SMILES string of the molecule is CCCn1c(-c2ccc(O)cc2)c(CC)c2ccc(O)cc21. The first kappa shape index (κ1) is 14.5. The smallest absolute Gasteiger partial charge is 0.117 e. The van der Waals surface area contributed by atoms with E-state index in [9.17, 15) is 10.2 Å². The number of nitrogens with zero attached hydrogens (tertiary/aromatic N) is 1. The molecule has 0 saturated heterocycles. The lowest BCUT2D eigenvalue weighted by Crippen LogP contribution is -2.00. The van der Waals surface area contributed by atoms with Crippen molar-refractivity contribution in [3.63, 3.8) is 0 Å². The third-order valence-corrected chi connectivity index (χ3v) is 4.09. The normalized spacial score (nSPS) is 11.2. The highest BCUT2D eigenvalue weighted by Gasteiger charge is 2.17. The molecule has 2 N–H and O–H groups in total. The molecule has 0 bridgehead atoms. The number of phenols is 2. The van der Waals surface area contributed by atoms with E-state index in [1.807, 2.05) is 24.3 Å². The Morgan fingerprint density at radius 1 is 0.909 bits per heavy atom. The Morgan fingerprint density at radius 2 is 1.59 bits per heavy atom. The summed E-state index contributed by atoms with van der Waals surface area (Å²) >= 11 is 0. The van der Waals surface area contributed by atoms with Crippen molar-refractivity contribution < 1.29 is 10.2 Å². The van der Waals surface area contributed by atoms with Gasteiger partial charge >= 0.3 is 0 Å². The third-order valence-electron chi connectivity index (χ3n) is 4.09. The predicted molar refractivity (Wildman–Crippen MR) is 90.4 cm³/mol. The molecule has 0 fully saturated rings. The van der Waals surface area contributed by atoms with Gasteiger partial charge in [0.2, 0.25) is 0 Å². The lowest BCUT2D eigenvalue weighted by atomic mass is 10.0. The van der Waals surface area contributed by atoms with E-state index >= 15 is 0 Å². The zero-order valence-electron chi connectivity index (χ0n) is 13.0. The lowest BCUT2D eigenvalue weighted by Gasteiger charge is -2.11. The monoisotopic (exact) mass is 295 g/mol. The summed E-state index contributed by atoms with van der Waals surface area (Å²) in [5.41, 5.74) is 4.64. The second kappa shape index (κ2) is 5.76. The van der Waals surface area contributed by atoms with Gasteiger partial charge in [-0.05, 0) is 60.4 Å². The third kappa shape index (κ3) is 2.33. The van der Waals surface area contributed by atoms with E-state index in [-0.39, 0.29) is 5.75 Å². The highest BCUT2D eigenvalue weighted by molar-refractivity contribution is 5.92. The molecule has 3 heteroatoms. The first-order valence-electron chi connectivity index (χ1n) is 7.79. The number of phenolic OH excluding ortho intramolecular Hbond substituents is 2. The highest BCUT2D eigenvalue weighted by Crippen LogP contribution is 2.36. The maximum atomic E-state index is 9.86. The van der Waals surface area contributed by atoms with Gasteiger partial charge < -0.3 is 14.8 Å². The Labute approximate surface area is 130 Å². The van der Waals surface area contributed by atoms with Crippen LogP contribution in [0.5, 0.6) is 11.5 Å². The maximum Gasteiger partial charge on any atom is 0.117 e. The first-order chi connectivity index (χ1) is 10.7. The van der Waals surface area contributed by atoms with Crippen molar-refractivity contribution in [3.8, 4) is 22.8 Å². The van der Waals surface area contributed by atoms with E-state index in [4.69, 9.17) is 0 Å². The van der Waals surface area contributed by atoms with Gasteiger partial charge in [-0.1, -0.05) is 13.8 Å². The fourth-order valence-corrected chi connectivity index (χ4v) is 3.17. The molecule has 0 aliphatic heterocycles. The van der Waals surface area contributed by atoms with Gasteiger partial charge in [0.15, 0.2) is 0 Å². The molecule has 0 unspecified atom stereocenters. The van der Waals surface area contributed by atoms with Gasteiger partial charge in [0, 0.05) is 18.0 Å². The van der Waals surface area contributed by atoms with Gasteiger partial charge in [-0.25, -0.2) is 0 Å². The highest BCUT2D eigenvalue weighted by atomic mass is 16.3. The summed E-state index contributed by atoms with van der Waals surface area (Å²) in [6.45, 7) is 5.21. The van der Waals surface area contributed by atoms with Crippen LogP contribution in [0.2, 0.25) is 0 Å². The molecular weight excluding hydrogens is 274 g/mol. The molecule has 3 nitrogen and oxygen atoms in total. The summed E-state index contributed by atoms with van der Waals surface area (Å²) in [6, 6.07) is 12.9. The van der Waals surface area contributed by atoms with Crippen LogP contribution in [0.1, 0.15) is 25.8 Å². The minimum absolute atomic E-state index is 0.276. The number of hydrogen-bond donors (Lipinski definition) is 2. The maximum absolute atomic E-state index is 9.86. The van der Waals surface area contributed by atoms with Crippen LogP contribution in [0.15, 0.2) is 42.5 Å². The molecule has 0 aliphatic carbocycles. The molecular formula is C19H21NO2. The van der Waals surface area contributed by atoms with Crippen LogP contribution in [0.4, 0.5) is 0 Å². The van der Waals surface area contributed by atoms with Gasteiger partial charge in [0.25, 0.3) is 0 Å². The topological polar surface area (TPSA) is 45.4 Å². The molecule has 3 aromatic rings. The number of hydrogen-bond acceptors (Lipinski definition) is 2. The Bertz CT molecular complexity index is 800. The largest absolute Gasteiger partial charge is 0.508 e. The standard InChI is InChI=1S/C19H21NO2/c1-3-11-20-18-12-15(22)9-10-17(18)16(4-2)19(20)13-5-7-14(21)8-6-13/h5-10,12,21-22H,3-4,11H2,1-2H3. The summed E-state index contributed by atoms with van der Waals surface area (Å²) in [4.78, 5) is 0. The average molecular weight is 295 g/mol. The van der Waals surface area contributed by atoms with Crippen LogP contribution in [0, 0.1) is 0 Å². The zero-order valence-corrected chi connectivity index (χ0v) is 13.0. The summed E-state index contributed by atoms with van der Waals surface area (Å²) in [6.07, 6.45) is 1.95. The van der Waals surface area contributed by atoms with E-state index in [1.54, 1.807) is 18.2 Å². The number of aromatic hydroxyl groups is 2. The molecule has 1 aromatic heterocycles. The summed E-state index contributed by atoms with van der Waals surface area (Å²) < 4.78 is 2.28. The van der Waals surface area contributed by atoms with Crippen molar-refractivity contribution in [1.29, 1.82) is 0 Å². The van der Waals surface area contributed by atoms with Gasteiger partial charge in [-0.15, -0.1) is 0 Å². The molecule has 0 spiro atoms. The molecule has 3 rings (SSSR count). The van der Waals surface area contributed by atoms with Crippen LogP contribution >= 0.6 is 0 Å². The van der Waals surface area contributed by atoms with Crippen LogP contribution < -0.4 is 0 Å². The van der Waals surface area contributed by atoms with Crippen molar-refractivity contribution in [2.24, 2.45) is 0 Å². The lowest BCUT2D eigenvalue weighted by molar-refractivity contribution is 0.475. The Kier molecular flexibility index (Phi) is 3.80. The van der Waals surface area contributed by atoms with Crippen molar-refractivity contribution in [2.45, 2.75) is 33.2 Å². The van der Waals surface area contributed by atoms with Crippen molar-refractivity contribution >= 4 is 10.9 Å². The molecule has 0 radical (unpaired) electrons. The molecule has 0 amide bonds. The summed E-state index contributed by atoms with van der Waals surface area (Å²) in [5, 5.41) is 20.6. The Balaban J connectivity index is 2.35. The fourth-order valence-electron chi connectivity index (χ4n) is 3.17. The second-order valence-corrected chi connectivity index (χ2v) is 5.58.